The Morgan fingerprint density at radius 3 is 2.33 bits per heavy atom. The van der Waals surface area contributed by atoms with Crippen molar-refractivity contribution in [1.29, 1.82) is 0 Å². The Kier molecular flexibility index (Phi) is 3.76. The second kappa shape index (κ2) is 5.37. The van der Waals surface area contributed by atoms with Gasteiger partial charge in [-0.05, 0) is 19.1 Å². The van der Waals surface area contributed by atoms with Gasteiger partial charge in [0.2, 0.25) is 11.2 Å². The molecule has 2 aromatic rings. The Morgan fingerprint density at radius 2 is 1.81 bits per heavy atom. The lowest BCUT2D eigenvalue weighted by molar-refractivity contribution is -0.384. The maximum absolute atomic E-state index is 12.0. The normalized spacial score (nSPS) is 11.1. The van der Waals surface area contributed by atoms with E-state index in [1.165, 1.54) is 6.92 Å². The fourth-order valence-corrected chi connectivity index (χ4v) is 2.48. The minimum atomic E-state index is -4.28. The molecule has 8 nitrogen and oxygen atoms in total. The van der Waals surface area contributed by atoms with Crippen LogP contribution in [0.4, 0.5) is 5.69 Å². The van der Waals surface area contributed by atoms with E-state index in [1.807, 2.05) is 0 Å². The Bertz CT molecular complexity index is 837. The van der Waals surface area contributed by atoms with Crippen molar-refractivity contribution in [2.24, 2.45) is 0 Å². The van der Waals surface area contributed by atoms with Crippen LogP contribution in [0.15, 0.2) is 50.7 Å². The van der Waals surface area contributed by atoms with Crippen LogP contribution in [-0.2, 0) is 10.1 Å². The van der Waals surface area contributed by atoms with E-state index in [9.17, 15) is 23.3 Å². The summed E-state index contributed by atoms with van der Waals surface area (Å²) in [5, 5.41) is 10.5. The quantitative estimate of drug-likeness (QED) is 0.478. The molecule has 110 valence electrons. The number of hydrogen-bond acceptors (Lipinski definition) is 7. The van der Waals surface area contributed by atoms with Gasteiger partial charge in [-0.15, -0.1) is 0 Å². The number of rotatable bonds is 4. The first-order valence-corrected chi connectivity index (χ1v) is 6.99. The Balaban J connectivity index is 2.39. The highest BCUT2D eigenvalue weighted by molar-refractivity contribution is 7.87. The standard InChI is InChI=1S/C12H9NO7S/c1-8-12(11(14)6-7-19-8)20-21(17,18)10-4-2-9(3-5-10)13(15)16/h2-7H,1H3. The zero-order valence-electron chi connectivity index (χ0n) is 10.7. The minimum Gasteiger partial charge on any atom is -0.465 e. The van der Waals surface area contributed by atoms with Crippen molar-refractivity contribution in [3.8, 4) is 5.75 Å². The lowest BCUT2D eigenvalue weighted by Gasteiger charge is -2.07. The van der Waals surface area contributed by atoms with Crippen LogP contribution >= 0.6 is 0 Å². The third kappa shape index (κ3) is 3.08. The van der Waals surface area contributed by atoms with Crippen molar-refractivity contribution < 1.29 is 21.9 Å². The first-order valence-electron chi connectivity index (χ1n) is 5.58. The number of nitro groups is 1. The molecule has 0 amide bonds. The second-order valence-corrected chi connectivity index (χ2v) is 5.50. The van der Waals surface area contributed by atoms with Crippen molar-refractivity contribution >= 4 is 15.8 Å². The zero-order valence-corrected chi connectivity index (χ0v) is 11.5. The van der Waals surface area contributed by atoms with Crippen molar-refractivity contribution in [1.82, 2.24) is 0 Å². The smallest absolute Gasteiger partial charge is 0.339 e. The third-order valence-electron chi connectivity index (χ3n) is 2.54. The van der Waals surface area contributed by atoms with E-state index in [0.717, 1.165) is 36.6 Å². The molecule has 0 saturated heterocycles. The maximum Gasteiger partial charge on any atom is 0.339 e. The molecule has 0 unspecified atom stereocenters. The summed E-state index contributed by atoms with van der Waals surface area (Å²) in [6.07, 6.45) is 1.11. The van der Waals surface area contributed by atoms with Gasteiger partial charge in [0.05, 0.1) is 11.2 Å². The molecule has 9 heteroatoms. The number of non-ortho nitro benzene ring substituents is 1. The molecule has 0 bridgehead atoms. The van der Waals surface area contributed by atoms with Gasteiger partial charge < -0.3 is 8.60 Å². The molecule has 0 aliphatic rings. The number of hydrogen-bond donors (Lipinski definition) is 0. The summed E-state index contributed by atoms with van der Waals surface area (Å²) in [6.45, 7) is 1.38. The van der Waals surface area contributed by atoms with E-state index >= 15 is 0 Å². The number of aryl methyl sites for hydroxylation is 1. The van der Waals surface area contributed by atoms with Gasteiger partial charge in [0.25, 0.3) is 5.69 Å². The van der Waals surface area contributed by atoms with Crippen LogP contribution in [0, 0.1) is 17.0 Å². The summed E-state index contributed by atoms with van der Waals surface area (Å²) < 4.78 is 33.7. The zero-order chi connectivity index (χ0) is 15.6. The second-order valence-electron chi connectivity index (χ2n) is 3.96. The van der Waals surface area contributed by atoms with Crippen molar-refractivity contribution in [3.05, 3.63) is 62.7 Å². The molecule has 0 aliphatic heterocycles. The van der Waals surface area contributed by atoms with Crippen molar-refractivity contribution in [2.75, 3.05) is 0 Å². The summed E-state index contributed by atoms with van der Waals surface area (Å²) in [5.41, 5.74) is -0.909. The van der Waals surface area contributed by atoms with Crippen LogP contribution in [-0.4, -0.2) is 13.3 Å². The summed E-state index contributed by atoms with van der Waals surface area (Å²) in [7, 11) is -4.28. The van der Waals surface area contributed by atoms with E-state index in [-0.39, 0.29) is 16.3 Å². The third-order valence-corrected chi connectivity index (χ3v) is 3.77. The van der Waals surface area contributed by atoms with Crippen LogP contribution in [0.2, 0.25) is 0 Å². The Morgan fingerprint density at radius 1 is 1.19 bits per heavy atom. The van der Waals surface area contributed by atoms with Crippen LogP contribution in [0.5, 0.6) is 5.75 Å². The molecule has 0 fully saturated rings. The highest BCUT2D eigenvalue weighted by Crippen LogP contribution is 2.20. The summed E-state index contributed by atoms with van der Waals surface area (Å²) in [6, 6.07) is 5.11. The van der Waals surface area contributed by atoms with Crippen LogP contribution in [0.3, 0.4) is 0 Å². The first kappa shape index (κ1) is 14.7. The van der Waals surface area contributed by atoms with Gasteiger partial charge in [-0.2, -0.15) is 8.42 Å². The molecule has 0 radical (unpaired) electrons. The monoisotopic (exact) mass is 311 g/mol. The molecular formula is C12H9NO7S. The molecule has 0 saturated carbocycles. The number of nitrogens with zero attached hydrogens (tertiary/aromatic N) is 1. The average molecular weight is 311 g/mol. The largest absolute Gasteiger partial charge is 0.465 e. The average Bonchev–Trinajstić information content (AvgIpc) is 2.43. The molecule has 1 aromatic heterocycles. The van der Waals surface area contributed by atoms with Gasteiger partial charge in [-0.1, -0.05) is 0 Å². The van der Waals surface area contributed by atoms with Gasteiger partial charge in [0.15, 0.2) is 0 Å². The minimum absolute atomic E-state index is 0.00740. The fourth-order valence-electron chi connectivity index (χ4n) is 1.49. The number of benzene rings is 1. The molecule has 0 atom stereocenters. The topological polar surface area (TPSA) is 117 Å². The molecular weight excluding hydrogens is 302 g/mol. The van der Waals surface area contributed by atoms with Crippen LogP contribution in [0.25, 0.3) is 0 Å². The summed E-state index contributed by atoms with van der Waals surface area (Å²) in [4.78, 5) is 21.1. The number of nitro benzene ring substituents is 1. The summed E-state index contributed by atoms with van der Waals surface area (Å²) >= 11 is 0. The molecule has 2 rings (SSSR count). The van der Waals surface area contributed by atoms with Gasteiger partial charge >= 0.3 is 10.1 Å². The van der Waals surface area contributed by atoms with Gasteiger partial charge in [-0.3, -0.25) is 14.9 Å². The lowest BCUT2D eigenvalue weighted by Crippen LogP contribution is -2.16. The molecule has 1 heterocycles. The van der Waals surface area contributed by atoms with Gasteiger partial charge in [0.1, 0.15) is 10.7 Å². The Hall–Kier alpha value is -2.68. The van der Waals surface area contributed by atoms with Crippen LogP contribution in [0.1, 0.15) is 5.76 Å². The van der Waals surface area contributed by atoms with E-state index in [4.69, 9.17) is 8.60 Å². The Labute approximate surface area is 118 Å². The van der Waals surface area contributed by atoms with Gasteiger partial charge in [0, 0.05) is 18.2 Å². The van der Waals surface area contributed by atoms with Crippen molar-refractivity contribution in [3.63, 3.8) is 0 Å². The molecule has 0 aliphatic carbocycles. The lowest BCUT2D eigenvalue weighted by atomic mass is 10.3. The molecule has 0 spiro atoms. The summed E-state index contributed by atoms with van der Waals surface area (Å²) in [5.74, 6) is -0.441. The fraction of sp³-hybridized carbons (Fsp3) is 0.0833. The van der Waals surface area contributed by atoms with Crippen molar-refractivity contribution in [2.45, 2.75) is 11.8 Å². The highest BCUT2D eigenvalue weighted by atomic mass is 32.2. The van der Waals surface area contributed by atoms with Gasteiger partial charge in [-0.25, -0.2) is 0 Å². The highest BCUT2D eigenvalue weighted by Gasteiger charge is 2.21. The predicted molar refractivity (Wildman–Crippen MR) is 70.6 cm³/mol. The van der Waals surface area contributed by atoms with E-state index in [0.29, 0.717) is 0 Å². The van der Waals surface area contributed by atoms with E-state index in [2.05, 4.69) is 0 Å². The van der Waals surface area contributed by atoms with Crippen LogP contribution < -0.4 is 9.61 Å². The first-order chi connectivity index (χ1) is 9.81. The molecule has 21 heavy (non-hydrogen) atoms. The molecule has 0 N–H and O–H groups in total. The predicted octanol–water partition coefficient (Wildman–Crippen LogP) is 1.62. The molecule has 1 aromatic carbocycles. The maximum atomic E-state index is 12.0. The van der Waals surface area contributed by atoms with E-state index < -0.39 is 26.2 Å². The SMILES string of the molecule is Cc1occc(=O)c1OS(=O)(=O)c1ccc([N+](=O)[O-])cc1. The van der Waals surface area contributed by atoms with E-state index in [1.54, 1.807) is 0 Å².